The maximum Gasteiger partial charge on any atom is 0.192 e. The number of hydrogen-bond acceptors (Lipinski definition) is 3. The number of carbonyl (C=O) groups is 1. The van der Waals surface area contributed by atoms with Crippen molar-refractivity contribution in [2.75, 3.05) is 20.8 Å². The fourth-order valence-electron chi connectivity index (χ4n) is 1.11. The van der Waals surface area contributed by atoms with Gasteiger partial charge in [0, 0.05) is 12.1 Å². The van der Waals surface area contributed by atoms with Crippen LogP contribution in [0.25, 0.3) is 0 Å². The Morgan fingerprint density at radius 1 is 1.43 bits per heavy atom. The first-order valence-corrected chi connectivity index (χ1v) is 4.42. The van der Waals surface area contributed by atoms with Crippen LogP contribution in [0.15, 0.2) is 18.2 Å². The van der Waals surface area contributed by atoms with Crippen molar-refractivity contribution in [1.29, 1.82) is 0 Å². The first kappa shape index (κ1) is 11.0. The lowest BCUT2D eigenvalue weighted by molar-refractivity contribution is 0.0845. The van der Waals surface area contributed by atoms with E-state index in [4.69, 9.17) is 21.1 Å². The third-order valence-corrected chi connectivity index (χ3v) is 1.97. The summed E-state index contributed by atoms with van der Waals surface area (Å²) in [7, 11) is 2.97. The van der Waals surface area contributed by atoms with Gasteiger partial charge < -0.3 is 9.47 Å². The molecule has 0 unspecified atom stereocenters. The number of ether oxygens (including phenoxy) is 2. The van der Waals surface area contributed by atoms with Gasteiger partial charge in [-0.2, -0.15) is 0 Å². The van der Waals surface area contributed by atoms with E-state index in [0.29, 0.717) is 16.3 Å². The molecule has 0 amide bonds. The third kappa shape index (κ3) is 2.47. The highest BCUT2D eigenvalue weighted by Gasteiger charge is 2.12. The number of Topliss-reactive ketones (excluding diaryl/α,β-unsaturated/α-hetero) is 1. The number of benzene rings is 1. The van der Waals surface area contributed by atoms with Gasteiger partial charge in [0.25, 0.3) is 0 Å². The van der Waals surface area contributed by atoms with Crippen molar-refractivity contribution in [1.82, 2.24) is 0 Å². The van der Waals surface area contributed by atoms with Crippen molar-refractivity contribution < 1.29 is 14.3 Å². The Morgan fingerprint density at radius 3 is 2.71 bits per heavy atom. The van der Waals surface area contributed by atoms with Gasteiger partial charge in [0.15, 0.2) is 5.78 Å². The second-order valence-electron chi connectivity index (χ2n) is 2.70. The predicted molar refractivity (Wildman–Crippen MR) is 54.2 cm³/mol. The van der Waals surface area contributed by atoms with Crippen LogP contribution >= 0.6 is 11.6 Å². The van der Waals surface area contributed by atoms with E-state index in [2.05, 4.69) is 0 Å². The van der Waals surface area contributed by atoms with Gasteiger partial charge in [-0.1, -0.05) is 11.6 Å². The van der Waals surface area contributed by atoms with Crippen molar-refractivity contribution in [3.8, 4) is 5.75 Å². The zero-order valence-corrected chi connectivity index (χ0v) is 8.80. The van der Waals surface area contributed by atoms with Crippen LogP contribution in [0.2, 0.25) is 5.02 Å². The lowest BCUT2D eigenvalue weighted by Crippen LogP contribution is -2.08. The molecular formula is C10H11ClO3. The molecule has 0 saturated heterocycles. The molecule has 76 valence electrons. The average Bonchev–Trinajstić information content (AvgIpc) is 2.18. The fraction of sp³-hybridized carbons (Fsp3) is 0.300. The molecule has 14 heavy (non-hydrogen) atoms. The third-order valence-electron chi connectivity index (χ3n) is 1.74. The summed E-state index contributed by atoms with van der Waals surface area (Å²) in [5.41, 5.74) is 0.446. The summed E-state index contributed by atoms with van der Waals surface area (Å²) < 4.78 is 9.78. The maximum absolute atomic E-state index is 11.5. The standard InChI is InChI=1S/C10H11ClO3/c1-13-6-9(12)8-5-7(11)3-4-10(8)14-2/h3-5H,6H2,1-2H3. The molecule has 0 aliphatic rings. The highest BCUT2D eigenvalue weighted by molar-refractivity contribution is 6.31. The molecule has 1 aromatic carbocycles. The summed E-state index contributed by atoms with van der Waals surface area (Å²) in [4.78, 5) is 11.5. The Balaban J connectivity index is 3.03. The Morgan fingerprint density at radius 2 is 2.14 bits per heavy atom. The highest BCUT2D eigenvalue weighted by atomic mass is 35.5. The van der Waals surface area contributed by atoms with Gasteiger partial charge in [-0.15, -0.1) is 0 Å². The average molecular weight is 215 g/mol. The summed E-state index contributed by atoms with van der Waals surface area (Å²) in [5.74, 6) is 0.364. The fourth-order valence-corrected chi connectivity index (χ4v) is 1.28. The molecule has 1 aromatic rings. The molecule has 0 N–H and O–H groups in total. The Labute approximate surface area is 87.6 Å². The van der Waals surface area contributed by atoms with Crippen molar-refractivity contribution in [3.63, 3.8) is 0 Å². The highest BCUT2D eigenvalue weighted by Crippen LogP contribution is 2.22. The van der Waals surface area contributed by atoms with Gasteiger partial charge in [-0.05, 0) is 18.2 Å². The molecule has 4 heteroatoms. The van der Waals surface area contributed by atoms with Gasteiger partial charge in [0.2, 0.25) is 0 Å². The van der Waals surface area contributed by atoms with Crippen molar-refractivity contribution in [2.45, 2.75) is 0 Å². The summed E-state index contributed by atoms with van der Waals surface area (Å²) in [6.07, 6.45) is 0. The number of rotatable bonds is 4. The first-order valence-electron chi connectivity index (χ1n) is 4.04. The summed E-state index contributed by atoms with van der Waals surface area (Å²) in [6.45, 7) is 0.0245. The summed E-state index contributed by atoms with van der Waals surface area (Å²) in [6, 6.07) is 4.90. The van der Waals surface area contributed by atoms with E-state index in [9.17, 15) is 4.79 Å². The predicted octanol–water partition coefficient (Wildman–Crippen LogP) is 2.18. The molecule has 0 radical (unpaired) electrons. The quantitative estimate of drug-likeness (QED) is 0.721. The second kappa shape index (κ2) is 4.98. The van der Waals surface area contributed by atoms with E-state index >= 15 is 0 Å². The molecule has 0 spiro atoms. The molecule has 0 aromatic heterocycles. The van der Waals surface area contributed by atoms with E-state index in [1.54, 1.807) is 18.2 Å². The first-order chi connectivity index (χ1) is 6.69. The molecule has 0 heterocycles. The van der Waals surface area contributed by atoms with Crippen LogP contribution < -0.4 is 4.74 Å². The summed E-state index contributed by atoms with van der Waals surface area (Å²) in [5, 5.41) is 0.505. The Kier molecular flexibility index (Phi) is 3.92. The molecule has 0 aliphatic carbocycles. The topological polar surface area (TPSA) is 35.5 Å². The largest absolute Gasteiger partial charge is 0.496 e. The number of carbonyl (C=O) groups excluding carboxylic acids is 1. The SMILES string of the molecule is COCC(=O)c1cc(Cl)ccc1OC. The number of halogens is 1. The number of ketones is 1. The van der Waals surface area contributed by atoms with Gasteiger partial charge in [0.1, 0.15) is 12.4 Å². The van der Waals surface area contributed by atoms with Crippen molar-refractivity contribution in [2.24, 2.45) is 0 Å². The van der Waals surface area contributed by atoms with Crippen LogP contribution in [-0.4, -0.2) is 26.6 Å². The smallest absolute Gasteiger partial charge is 0.192 e. The monoisotopic (exact) mass is 214 g/mol. The zero-order valence-electron chi connectivity index (χ0n) is 8.04. The second-order valence-corrected chi connectivity index (χ2v) is 3.14. The summed E-state index contributed by atoms with van der Waals surface area (Å²) >= 11 is 5.77. The molecule has 0 atom stereocenters. The number of hydrogen-bond donors (Lipinski definition) is 0. The van der Waals surface area contributed by atoms with Gasteiger partial charge >= 0.3 is 0 Å². The van der Waals surface area contributed by atoms with E-state index in [1.807, 2.05) is 0 Å². The molecule has 0 saturated carbocycles. The van der Waals surface area contributed by atoms with Crippen LogP contribution in [0.1, 0.15) is 10.4 Å². The molecule has 0 aliphatic heterocycles. The molecule has 3 nitrogen and oxygen atoms in total. The van der Waals surface area contributed by atoms with Gasteiger partial charge in [0.05, 0.1) is 12.7 Å². The minimum absolute atomic E-state index is 0.0245. The van der Waals surface area contributed by atoms with Crippen LogP contribution in [0, 0.1) is 0 Å². The minimum atomic E-state index is -0.146. The molecule has 0 fully saturated rings. The van der Waals surface area contributed by atoms with Crippen molar-refractivity contribution >= 4 is 17.4 Å². The van der Waals surface area contributed by atoms with Crippen molar-refractivity contribution in [3.05, 3.63) is 28.8 Å². The van der Waals surface area contributed by atoms with Gasteiger partial charge in [-0.25, -0.2) is 0 Å². The normalized spacial score (nSPS) is 9.93. The van der Waals surface area contributed by atoms with E-state index in [-0.39, 0.29) is 12.4 Å². The molecule has 0 bridgehead atoms. The minimum Gasteiger partial charge on any atom is -0.496 e. The molecule has 1 rings (SSSR count). The van der Waals surface area contributed by atoms with Crippen LogP contribution in [0.3, 0.4) is 0 Å². The van der Waals surface area contributed by atoms with Crippen LogP contribution in [-0.2, 0) is 4.74 Å². The zero-order chi connectivity index (χ0) is 10.6. The van der Waals surface area contributed by atoms with E-state index < -0.39 is 0 Å². The maximum atomic E-state index is 11.5. The van der Waals surface area contributed by atoms with Crippen LogP contribution in [0.5, 0.6) is 5.75 Å². The number of methoxy groups -OCH3 is 2. The van der Waals surface area contributed by atoms with E-state index in [0.717, 1.165) is 0 Å². The lowest BCUT2D eigenvalue weighted by Gasteiger charge is -2.07. The Hall–Kier alpha value is -1.06. The Bertz CT molecular complexity index is 336. The van der Waals surface area contributed by atoms with E-state index in [1.165, 1.54) is 14.2 Å². The molecular weight excluding hydrogens is 204 g/mol. The van der Waals surface area contributed by atoms with Gasteiger partial charge in [-0.3, -0.25) is 4.79 Å². The van der Waals surface area contributed by atoms with Crippen LogP contribution in [0.4, 0.5) is 0 Å². The lowest BCUT2D eigenvalue weighted by atomic mass is 10.1.